The molecule has 0 spiro atoms. The van der Waals surface area contributed by atoms with E-state index >= 15 is 0 Å². The number of amides is 2. The van der Waals surface area contributed by atoms with Crippen LogP contribution in [0.15, 0.2) is 65.6 Å². The molecule has 2 amide bonds. The van der Waals surface area contributed by atoms with Crippen LogP contribution in [0.4, 0.5) is 5.69 Å². The SMILES string of the molecule is CCOc1ccc(N(CC(=O)N(Cc2ccc(Cl)cc2Cl)C(C)C(=O)NC2CCCC2)S(=O)(=O)c2ccc(OC)c(OC)c2)cc1. The zero-order chi connectivity index (χ0) is 33.4. The molecular weight excluding hydrogens is 653 g/mol. The van der Waals surface area contributed by atoms with E-state index in [4.69, 9.17) is 37.4 Å². The van der Waals surface area contributed by atoms with E-state index in [-0.39, 0.29) is 34.8 Å². The molecule has 0 saturated heterocycles. The highest BCUT2D eigenvalue weighted by Crippen LogP contribution is 2.33. The van der Waals surface area contributed by atoms with Gasteiger partial charge in [0.05, 0.1) is 31.4 Å². The number of hydrogen-bond acceptors (Lipinski definition) is 7. The summed E-state index contributed by atoms with van der Waals surface area (Å²) in [5.74, 6) is 0.145. The first-order valence-electron chi connectivity index (χ1n) is 15.0. The fourth-order valence-electron chi connectivity index (χ4n) is 5.32. The van der Waals surface area contributed by atoms with Crippen molar-refractivity contribution in [3.8, 4) is 17.2 Å². The Balaban J connectivity index is 1.74. The number of nitrogens with zero attached hydrogens (tertiary/aromatic N) is 2. The molecule has 1 N–H and O–H groups in total. The molecule has 1 saturated carbocycles. The fraction of sp³-hybridized carbons (Fsp3) is 0.394. The molecule has 4 rings (SSSR count). The maximum atomic E-state index is 14.3. The summed E-state index contributed by atoms with van der Waals surface area (Å²) in [4.78, 5) is 28.9. The van der Waals surface area contributed by atoms with Gasteiger partial charge in [0.15, 0.2) is 11.5 Å². The van der Waals surface area contributed by atoms with Gasteiger partial charge < -0.3 is 24.4 Å². The van der Waals surface area contributed by atoms with E-state index in [0.717, 1.165) is 30.0 Å². The van der Waals surface area contributed by atoms with E-state index in [1.807, 2.05) is 6.92 Å². The van der Waals surface area contributed by atoms with E-state index in [1.54, 1.807) is 49.4 Å². The third-order valence-electron chi connectivity index (χ3n) is 7.88. The largest absolute Gasteiger partial charge is 0.494 e. The quantitative estimate of drug-likeness (QED) is 0.218. The Morgan fingerprint density at radius 3 is 2.24 bits per heavy atom. The summed E-state index contributed by atoms with van der Waals surface area (Å²) in [5, 5.41) is 3.78. The van der Waals surface area contributed by atoms with Gasteiger partial charge in [-0.1, -0.05) is 42.1 Å². The minimum absolute atomic E-state index is 0.0248. The lowest BCUT2D eigenvalue weighted by atomic mass is 10.1. The topological polar surface area (TPSA) is 114 Å². The van der Waals surface area contributed by atoms with Crippen LogP contribution < -0.4 is 23.8 Å². The number of sulfonamides is 1. The summed E-state index contributed by atoms with van der Waals surface area (Å²) in [7, 11) is -1.50. The number of carbonyl (C=O) groups is 2. The van der Waals surface area contributed by atoms with E-state index < -0.39 is 28.5 Å². The summed E-state index contributed by atoms with van der Waals surface area (Å²) in [6, 6.07) is 14.5. The number of anilines is 1. The summed E-state index contributed by atoms with van der Waals surface area (Å²) in [5.41, 5.74) is 0.773. The van der Waals surface area contributed by atoms with Crippen molar-refractivity contribution in [3.05, 3.63) is 76.3 Å². The first-order chi connectivity index (χ1) is 22.0. The van der Waals surface area contributed by atoms with Crippen molar-refractivity contribution >= 4 is 50.7 Å². The number of ether oxygens (including phenoxy) is 3. The lowest BCUT2D eigenvalue weighted by Gasteiger charge is -2.32. The molecule has 0 radical (unpaired) electrons. The van der Waals surface area contributed by atoms with E-state index in [2.05, 4.69) is 5.32 Å². The first kappa shape index (κ1) is 35.2. The number of rotatable bonds is 14. The van der Waals surface area contributed by atoms with Gasteiger partial charge in [-0.15, -0.1) is 0 Å². The molecule has 0 bridgehead atoms. The molecule has 1 atom stereocenters. The molecular formula is C33H39Cl2N3O7S. The number of methoxy groups -OCH3 is 2. The number of hydrogen-bond donors (Lipinski definition) is 1. The van der Waals surface area contributed by atoms with Gasteiger partial charge in [0, 0.05) is 28.7 Å². The smallest absolute Gasteiger partial charge is 0.264 e. The van der Waals surface area contributed by atoms with Crippen molar-refractivity contribution < 1.29 is 32.2 Å². The van der Waals surface area contributed by atoms with Crippen LogP contribution in [0.5, 0.6) is 17.2 Å². The molecule has 0 heterocycles. The predicted molar refractivity (Wildman–Crippen MR) is 179 cm³/mol. The lowest BCUT2D eigenvalue weighted by molar-refractivity contribution is -0.139. The second-order valence-electron chi connectivity index (χ2n) is 10.9. The van der Waals surface area contributed by atoms with Gasteiger partial charge in [0.1, 0.15) is 18.3 Å². The van der Waals surface area contributed by atoms with Crippen molar-refractivity contribution in [3.63, 3.8) is 0 Å². The Kier molecular flexibility index (Phi) is 12.0. The van der Waals surface area contributed by atoms with Crippen LogP contribution in [0.3, 0.4) is 0 Å². The van der Waals surface area contributed by atoms with Crippen LogP contribution in [0.25, 0.3) is 0 Å². The van der Waals surface area contributed by atoms with Crippen molar-refractivity contribution in [2.75, 3.05) is 31.7 Å². The highest BCUT2D eigenvalue weighted by molar-refractivity contribution is 7.92. The normalized spacial score (nSPS) is 14.0. The van der Waals surface area contributed by atoms with Crippen molar-refractivity contribution in [2.24, 2.45) is 0 Å². The molecule has 0 aromatic heterocycles. The number of halogens is 2. The van der Waals surface area contributed by atoms with Gasteiger partial charge >= 0.3 is 0 Å². The number of nitrogens with one attached hydrogen (secondary N) is 1. The van der Waals surface area contributed by atoms with Crippen molar-refractivity contribution in [1.29, 1.82) is 0 Å². The fourth-order valence-corrected chi connectivity index (χ4v) is 7.21. The molecule has 3 aromatic carbocycles. The second-order valence-corrected chi connectivity index (χ2v) is 13.6. The highest BCUT2D eigenvalue weighted by atomic mass is 35.5. The molecule has 1 fully saturated rings. The average molecular weight is 693 g/mol. The minimum atomic E-state index is -4.35. The van der Waals surface area contributed by atoms with E-state index in [1.165, 1.54) is 37.3 Å². The Hall–Kier alpha value is -3.67. The summed E-state index contributed by atoms with van der Waals surface area (Å²) < 4.78 is 45.7. The maximum Gasteiger partial charge on any atom is 0.264 e. The Morgan fingerprint density at radius 2 is 1.63 bits per heavy atom. The van der Waals surface area contributed by atoms with Crippen molar-refractivity contribution in [2.45, 2.75) is 63.1 Å². The zero-order valence-electron chi connectivity index (χ0n) is 26.3. The van der Waals surface area contributed by atoms with Gasteiger partial charge in [0.2, 0.25) is 11.8 Å². The molecule has 248 valence electrons. The highest BCUT2D eigenvalue weighted by Gasteiger charge is 2.34. The Labute approximate surface area is 280 Å². The Morgan fingerprint density at radius 1 is 0.957 bits per heavy atom. The monoisotopic (exact) mass is 691 g/mol. The summed E-state index contributed by atoms with van der Waals surface area (Å²) in [6.45, 7) is 3.22. The van der Waals surface area contributed by atoms with Crippen molar-refractivity contribution in [1.82, 2.24) is 10.2 Å². The molecule has 46 heavy (non-hydrogen) atoms. The van der Waals surface area contributed by atoms with Crippen LogP contribution in [0.2, 0.25) is 10.0 Å². The van der Waals surface area contributed by atoms with E-state index in [0.29, 0.717) is 33.7 Å². The standard InChI is InChI=1S/C33H39Cl2N3O7S/c1-5-45-27-14-12-26(13-15-27)38(46(41,42)28-16-17-30(43-3)31(19-28)44-4)21-32(39)37(20-23-10-11-24(34)18-29(23)35)22(2)33(40)36-25-8-6-7-9-25/h10-19,22,25H,5-9,20-21H2,1-4H3,(H,36,40). The summed E-state index contributed by atoms with van der Waals surface area (Å²) in [6.07, 6.45) is 3.77. The zero-order valence-corrected chi connectivity index (χ0v) is 28.6. The van der Waals surface area contributed by atoms with Crippen LogP contribution in [-0.4, -0.2) is 64.6 Å². The number of benzene rings is 3. The van der Waals surface area contributed by atoms with Gasteiger partial charge in [0.25, 0.3) is 10.0 Å². The van der Waals surface area contributed by atoms with Gasteiger partial charge in [-0.2, -0.15) is 0 Å². The van der Waals surface area contributed by atoms with Crippen LogP contribution in [-0.2, 0) is 26.2 Å². The third kappa shape index (κ3) is 8.37. The molecule has 0 aliphatic heterocycles. The van der Waals surface area contributed by atoms with Crippen LogP contribution >= 0.6 is 23.2 Å². The molecule has 13 heteroatoms. The third-order valence-corrected chi connectivity index (χ3v) is 10.2. The Bertz CT molecular complexity index is 1630. The lowest BCUT2D eigenvalue weighted by Crippen LogP contribution is -2.52. The van der Waals surface area contributed by atoms with Gasteiger partial charge in [-0.05, 0) is 80.8 Å². The summed E-state index contributed by atoms with van der Waals surface area (Å²) >= 11 is 12.6. The number of carbonyl (C=O) groups excluding carboxylic acids is 2. The van der Waals surface area contributed by atoms with Gasteiger partial charge in [-0.25, -0.2) is 8.42 Å². The molecule has 1 aliphatic rings. The first-order valence-corrected chi connectivity index (χ1v) is 17.2. The predicted octanol–water partition coefficient (Wildman–Crippen LogP) is 6.08. The molecule has 1 unspecified atom stereocenters. The van der Waals surface area contributed by atoms with Gasteiger partial charge in [-0.3, -0.25) is 13.9 Å². The molecule has 3 aromatic rings. The minimum Gasteiger partial charge on any atom is -0.494 e. The van der Waals surface area contributed by atoms with E-state index in [9.17, 15) is 18.0 Å². The molecule has 1 aliphatic carbocycles. The molecule has 10 nitrogen and oxygen atoms in total. The van der Waals surface area contributed by atoms with Crippen LogP contribution in [0, 0.1) is 0 Å². The maximum absolute atomic E-state index is 14.3. The average Bonchev–Trinajstić information content (AvgIpc) is 3.56. The van der Waals surface area contributed by atoms with Crippen LogP contribution in [0.1, 0.15) is 45.1 Å². The second kappa shape index (κ2) is 15.8.